The molecule has 182 valence electrons. The van der Waals surface area contributed by atoms with E-state index in [1.807, 2.05) is 55.5 Å². The molecule has 7 heteroatoms. The summed E-state index contributed by atoms with van der Waals surface area (Å²) in [6.07, 6.45) is 1.01. The third kappa shape index (κ3) is 3.34. The quantitative estimate of drug-likeness (QED) is 0.487. The number of nitrogens with one attached hydrogen (secondary N) is 2. The average molecular weight is 482 g/mol. The molecule has 3 amide bonds. The first-order chi connectivity index (χ1) is 17.4. The Morgan fingerprint density at radius 2 is 1.67 bits per heavy atom. The number of hydrogen-bond donors (Lipinski definition) is 3. The van der Waals surface area contributed by atoms with E-state index >= 15 is 0 Å². The minimum atomic E-state index is -1.30. The molecular formula is C29H27N3O4. The van der Waals surface area contributed by atoms with E-state index in [0.29, 0.717) is 18.5 Å². The Morgan fingerprint density at radius 3 is 2.42 bits per heavy atom. The molecule has 0 aliphatic carbocycles. The number of aryl methyl sites for hydroxylation is 1. The van der Waals surface area contributed by atoms with Crippen molar-refractivity contribution in [1.82, 2.24) is 10.2 Å². The lowest BCUT2D eigenvalue weighted by Crippen LogP contribution is -2.53. The van der Waals surface area contributed by atoms with Crippen LogP contribution in [0.15, 0.2) is 72.8 Å². The lowest BCUT2D eigenvalue weighted by Gasteiger charge is -2.29. The summed E-state index contributed by atoms with van der Waals surface area (Å²) in [5, 5.41) is 16.1. The van der Waals surface area contributed by atoms with Crippen LogP contribution in [0.5, 0.6) is 5.75 Å². The van der Waals surface area contributed by atoms with Crippen LogP contribution in [-0.2, 0) is 32.8 Å². The smallest absolute Gasteiger partial charge is 0.250 e. The third-order valence-corrected chi connectivity index (χ3v) is 7.82. The molecule has 3 heterocycles. The number of nitrogens with zero attached hydrogens (tertiary/aromatic N) is 1. The normalized spacial score (nSPS) is 26.4. The van der Waals surface area contributed by atoms with Gasteiger partial charge in [-0.25, -0.2) is 0 Å². The molecule has 2 unspecified atom stereocenters. The van der Waals surface area contributed by atoms with Crippen LogP contribution in [0.3, 0.4) is 0 Å². The summed E-state index contributed by atoms with van der Waals surface area (Å²) in [6, 6.07) is 21.9. The number of amides is 3. The van der Waals surface area contributed by atoms with Crippen molar-refractivity contribution in [3.8, 4) is 5.75 Å². The second-order valence-electron chi connectivity index (χ2n) is 10.00. The number of carbonyl (C=O) groups excluding carboxylic acids is 3. The maximum atomic E-state index is 13.9. The van der Waals surface area contributed by atoms with Crippen LogP contribution in [0.25, 0.3) is 0 Å². The van der Waals surface area contributed by atoms with Crippen LogP contribution in [0.1, 0.15) is 22.3 Å². The van der Waals surface area contributed by atoms with Crippen molar-refractivity contribution >= 4 is 23.4 Å². The van der Waals surface area contributed by atoms with Crippen LogP contribution >= 0.6 is 0 Å². The molecule has 3 aliphatic heterocycles. The topological polar surface area (TPSA) is 98.7 Å². The van der Waals surface area contributed by atoms with E-state index in [0.717, 1.165) is 22.3 Å². The molecule has 6 rings (SSSR count). The van der Waals surface area contributed by atoms with E-state index in [1.54, 1.807) is 24.3 Å². The SMILES string of the molecule is Cc1ccc2c(c1)C1(NC(Cc3ccc(O)cc3)[C@H]3C(=O)N(CCc4ccccc4)C(=O)[C@H]31)C(=O)N2. The fourth-order valence-corrected chi connectivity index (χ4v) is 6.14. The van der Waals surface area contributed by atoms with Gasteiger partial charge in [0.15, 0.2) is 0 Å². The van der Waals surface area contributed by atoms with Crippen molar-refractivity contribution in [1.29, 1.82) is 0 Å². The number of benzene rings is 3. The Kier molecular flexibility index (Phi) is 5.19. The van der Waals surface area contributed by atoms with E-state index in [2.05, 4.69) is 10.6 Å². The highest BCUT2D eigenvalue weighted by atomic mass is 16.3. The zero-order chi connectivity index (χ0) is 25.0. The molecule has 36 heavy (non-hydrogen) atoms. The molecule has 0 bridgehead atoms. The highest BCUT2D eigenvalue weighted by Gasteiger charge is 2.70. The largest absolute Gasteiger partial charge is 0.508 e. The first-order valence-corrected chi connectivity index (χ1v) is 12.3. The second kappa shape index (κ2) is 8.31. The molecule has 0 radical (unpaired) electrons. The predicted molar refractivity (Wildman–Crippen MR) is 134 cm³/mol. The zero-order valence-electron chi connectivity index (χ0n) is 19.9. The first-order valence-electron chi connectivity index (χ1n) is 12.3. The van der Waals surface area contributed by atoms with Crippen molar-refractivity contribution in [3.63, 3.8) is 0 Å². The predicted octanol–water partition coefficient (Wildman–Crippen LogP) is 2.91. The Balaban J connectivity index is 1.40. The Labute approximate surface area is 209 Å². The van der Waals surface area contributed by atoms with Crippen LogP contribution in [0.4, 0.5) is 5.69 Å². The van der Waals surface area contributed by atoms with Gasteiger partial charge in [0, 0.05) is 23.8 Å². The first kappa shape index (κ1) is 22.5. The summed E-state index contributed by atoms with van der Waals surface area (Å²) in [4.78, 5) is 42.7. The molecule has 3 aromatic rings. The van der Waals surface area contributed by atoms with E-state index in [1.165, 1.54) is 4.90 Å². The number of likely N-dealkylation sites (tertiary alicyclic amines) is 1. The number of anilines is 1. The van der Waals surface area contributed by atoms with Gasteiger partial charge in [-0.3, -0.25) is 24.6 Å². The standard InChI is InChI=1S/C29H27N3O4/c1-17-7-12-22-21(15-17)29(28(36)30-22)25-24(23(31-29)16-19-8-10-20(33)11-9-19)26(34)32(27(25)35)14-13-18-5-3-2-4-6-18/h2-12,15,23-25,31,33H,13-14,16H2,1H3,(H,30,36)/t23?,24-,25+,29?/m1/s1. The van der Waals surface area contributed by atoms with E-state index in [4.69, 9.17) is 0 Å². The van der Waals surface area contributed by atoms with E-state index < -0.39 is 23.4 Å². The van der Waals surface area contributed by atoms with Crippen molar-refractivity contribution in [2.75, 3.05) is 11.9 Å². The molecule has 0 aromatic heterocycles. The van der Waals surface area contributed by atoms with Gasteiger partial charge >= 0.3 is 0 Å². The van der Waals surface area contributed by atoms with Crippen LogP contribution in [0.2, 0.25) is 0 Å². The summed E-state index contributed by atoms with van der Waals surface area (Å²) in [5.74, 6) is -2.16. The minimum Gasteiger partial charge on any atom is -0.508 e. The molecule has 3 N–H and O–H groups in total. The van der Waals surface area contributed by atoms with Gasteiger partial charge in [-0.15, -0.1) is 0 Å². The van der Waals surface area contributed by atoms with Crippen LogP contribution in [-0.4, -0.2) is 40.3 Å². The van der Waals surface area contributed by atoms with Gasteiger partial charge in [-0.05, 0) is 49.1 Å². The number of phenolic OH excluding ortho intramolecular Hbond substituents is 1. The van der Waals surface area contributed by atoms with Gasteiger partial charge in [0.2, 0.25) is 17.7 Å². The molecule has 3 aromatic carbocycles. The monoisotopic (exact) mass is 481 g/mol. The zero-order valence-corrected chi connectivity index (χ0v) is 19.9. The Hall–Kier alpha value is -3.97. The lowest BCUT2D eigenvalue weighted by atomic mass is 9.76. The minimum absolute atomic E-state index is 0.159. The molecule has 3 aliphatic rings. The maximum Gasteiger partial charge on any atom is 0.250 e. The van der Waals surface area contributed by atoms with Gasteiger partial charge < -0.3 is 10.4 Å². The van der Waals surface area contributed by atoms with Crippen molar-refractivity contribution in [2.45, 2.75) is 31.3 Å². The fraction of sp³-hybridized carbons (Fsp3) is 0.276. The average Bonchev–Trinajstić information content (AvgIpc) is 3.44. The number of hydrogen-bond acceptors (Lipinski definition) is 5. The summed E-state index contributed by atoms with van der Waals surface area (Å²) < 4.78 is 0. The fourth-order valence-electron chi connectivity index (χ4n) is 6.14. The van der Waals surface area contributed by atoms with Gasteiger partial charge in [0.25, 0.3) is 0 Å². The number of fused-ring (bicyclic) bond motifs is 4. The van der Waals surface area contributed by atoms with Gasteiger partial charge in [-0.1, -0.05) is 60.2 Å². The lowest BCUT2D eigenvalue weighted by molar-refractivity contribution is -0.142. The third-order valence-electron chi connectivity index (χ3n) is 7.82. The molecular weight excluding hydrogens is 454 g/mol. The number of phenols is 1. The van der Waals surface area contributed by atoms with Gasteiger partial charge in [0.1, 0.15) is 11.3 Å². The van der Waals surface area contributed by atoms with Crippen LogP contribution < -0.4 is 10.6 Å². The van der Waals surface area contributed by atoms with E-state index in [9.17, 15) is 19.5 Å². The maximum absolute atomic E-state index is 13.9. The van der Waals surface area contributed by atoms with Gasteiger partial charge in [0.05, 0.1) is 11.8 Å². The summed E-state index contributed by atoms with van der Waals surface area (Å²) in [7, 11) is 0. The Morgan fingerprint density at radius 1 is 0.917 bits per heavy atom. The van der Waals surface area contributed by atoms with E-state index in [-0.39, 0.29) is 30.0 Å². The highest BCUT2D eigenvalue weighted by Crippen LogP contribution is 2.53. The molecule has 2 saturated heterocycles. The van der Waals surface area contributed by atoms with Crippen molar-refractivity contribution in [2.24, 2.45) is 11.8 Å². The molecule has 2 fully saturated rings. The molecule has 7 nitrogen and oxygen atoms in total. The van der Waals surface area contributed by atoms with Crippen LogP contribution in [0, 0.1) is 18.8 Å². The highest BCUT2D eigenvalue weighted by molar-refractivity contribution is 6.15. The summed E-state index contributed by atoms with van der Waals surface area (Å²) >= 11 is 0. The molecule has 1 spiro atoms. The number of rotatable bonds is 5. The number of carbonyl (C=O) groups is 3. The second-order valence-corrected chi connectivity index (χ2v) is 10.00. The summed E-state index contributed by atoms with van der Waals surface area (Å²) in [6.45, 7) is 2.23. The van der Waals surface area contributed by atoms with Crippen molar-refractivity contribution in [3.05, 3.63) is 95.1 Å². The number of imide groups is 1. The van der Waals surface area contributed by atoms with Crippen molar-refractivity contribution < 1.29 is 19.5 Å². The summed E-state index contributed by atoms with van der Waals surface area (Å²) in [5.41, 5.74) is 3.02. The molecule has 4 atom stereocenters. The Bertz CT molecular complexity index is 1370. The van der Waals surface area contributed by atoms with Gasteiger partial charge in [-0.2, -0.15) is 0 Å². The molecule has 0 saturated carbocycles. The number of aromatic hydroxyl groups is 1.